The van der Waals surface area contributed by atoms with Crippen LogP contribution in [-0.4, -0.2) is 55.2 Å². The maximum Gasteiger partial charge on any atom is 0.237 e. The van der Waals surface area contributed by atoms with Crippen molar-refractivity contribution in [3.8, 4) is 0 Å². The van der Waals surface area contributed by atoms with Crippen LogP contribution in [0.4, 0.5) is 0 Å². The minimum absolute atomic E-state index is 0.243. The Morgan fingerprint density at radius 1 is 1.48 bits per heavy atom. The first-order valence-corrected chi connectivity index (χ1v) is 8.37. The molecule has 3 N–H and O–H groups in total. The van der Waals surface area contributed by atoms with Crippen molar-refractivity contribution in [3.63, 3.8) is 0 Å². The maximum atomic E-state index is 11.6. The monoisotopic (exact) mass is 299 g/mol. The maximum absolute atomic E-state index is 11.6. The number of carbonyl (C=O) groups excluding carboxylic acids is 1. The zero-order valence-corrected chi connectivity index (χ0v) is 14.0. The molecule has 1 amide bonds. The van der Waals surface area contributed by atoms with E-state index in [2.05, 4.69) is 24.1 Å². The van der Waals surface area contributed by atoms with Gasteiger partial charge in [-0.25, -0.2) is 0 Å². The highest BCUT2D eigenvalue weighted by Gasteiger charge is 2.29. The summed E-state index contributed by atoms with van der Waals surface area (Å²) in [6, 6.07) is 0. The fourth-order valence-electron chi connectivity index (χ4n) is 2.80. The Balaban J connectivity index is 2.28. The number of nitrogens with one attached hydrogen (secondary N) is 1. The normalized spacial score (nSPS) is 23.5. The Hall–Kier alpha value is -0.650. The Bertz CT molecular complexity index is 312. The average molecular weight is 299 g/mol. The molecule has 0 aliphatic carbocycles. The van der Waals surface area contributed by atoms with Gasteiger partial charge in [0.15, 0.2) is 0 Å². The summed E-state index contributed by atoms with van der Waals surface area (Å²) < 4.78 is 5.66. The Labute approximate surface area is 129 Å². The van der Waals surface area contributed by atoms with Crippen LogP contribution < -0.4 is 11.1 Å². The molecular weight excluding hydrogens is 266 g/mol. The lowest BCUT2D eigenvalue weighted by Gasteiger charge is -2.28. The van der Waals surface area contributed by atoms with E-state index in [0.717, 1.165) is 64.9 Å². The molecule has 1 rings (SSSR count). The van der Waals surface area contributed by atoms with Crippen LogP contribution in [0.5, 0.6) is 0 Å². The van der Waals surface area contributed by atoms with E-state index in [9.17, 15) is 4.79 Å². The SMILES string of the molecule is CCCNC(C)(CCCCN1CCCOC(C)C1)C(N)=O. The van der Waals surface area contributed by atoms with Crippen LogP contribution in [0, 0.1) is 0 Å². The van der Waals surface area contributed by atoms with Gasteiger partial charge in [-0.3, -0.25) is 4.79 Å². The molecule has 0 spiro atoms. The van der Waals surface area contributed by atoms with Crippen molar-refractivity contribution in [1.29, 1.82) is 0 Å². The topological polar surface area (TPSA) is 67.6 Å². The quantitative estimate of drug-likeness (QED) is 0.633. The highest BCUT2D eigenvalue weighted by Crippen LogP contribution is 2.15. The predicted molar refractivity (Wildman–Crippen MR) is 86.2 cm³/mol. The summed E-state index contributed by atoms with van der Waals surface area (Å²) in [6.07, 6.45) is 5.37. The summed E-state index contributed by atoms with van der Waals surface area (Å²) in [5.74, 6) is -0.243. The number of ether oxygens (including phenoxy) is 1. The molecule has 1 fully saturated rings. The van der Waals surface area contributed by atoms with Gasteiger partial charge in [-0.1, -0.05) is 6.92 Å². The molecule has 0 saturated carbocycles. The minimum atomic E-state index is -0.564. The molecular formula is C16H33N3O2. The number of primary amides is 1. The van der Waals surface area contributed by atoms with Gasteiger partial charge in [0.05, 0.1) is 11.6 Å². The number of nitrogens with two attached hydrogens (primary N) is 1. The summed E-state index contributed by atoms with van der Waals surface area (Å²) in [4.78, 5) is 14.1. The molecule has 0 radical (unpaired) electrons. The highest BCUT2D eigenvalue weighted by atomic mass is 16.5. The smallest absolute Gasteiger partial charge is 0.237 e. The van der Waals surface area contributed by atoms with E-state index in [1.54, 1.807) is 0 Å². The molecule has 0 aromatic carbocycles. The van der Waals surface area contributed by atoms with Crippen molar-refractivity contribution in [2.45, 2.75) is 64.5 Å². The van der Waals surface area contributed by atoms with Crippen LogP contribution in [0.2, 0.25) is 0 Å². The highest BCUT2D eigenvalue weighted by molar-refractivity contribution is 5.84. The van der Waals surface area contributed by atoms with Gasteiger partial charge in [-0.05, 0) is 59.0 Å². The zero-order valence-electron chi connectivity index (χ0n) is 14.0. The first-order chi connectivity index (χ1) is 9.98. The fraction of sp³-hybridized carbons (Fsp3) is 0.938. The van der Waals surface area contributed by atoms with Crippen LogP contribution >= 0.6 is 0 Å². The van der Waals surface area contributed by atoms with Gasteiger partial charge in [0.2, 0.25) is 5.91 Å². The third kappa shape index (κ3) is 6.76. The Morgan fingerprint density at radius 3 is 2.90 bits per heavy atom. The third-order valence-electron chi connectivity index (χ3n) is 4.25. The molecule has 1 aliphatic heterocycles. The van der Waals surface area contributed by atoms with Crippen LogP contribution in [0.3, 0.4) is 0 Å². The van der Waals surface area contributed by atoms with Gasteiger partial charge < -0.3 is 20.7 Å². The second-order valence-electron chi connectivity index (χ2n) is 6.42. The van der Waals surface area contributed by atoms with E-state index in [-0.39, 0.29) is 5.91 Å². The van der Waals surface area contributed by atoms with Crippen molar-refractivity contribution in [1.82, 2.24) is 10.2 Å². The molecule has 0 bridgehead atoms. The number of nitrogens with zero attached hydrogens (tertiary/aromatic N) is 1. The predicted octanol–water partition coefficient (Wildman–Crippen LogP) is 1.51. The second kappa shape index (κ2) is 9.38. The number of amides is 1. The van der Waals surface area contributed by atoms with Gasteiger partial charge in [-0.2, -0.15) is 0 Å². The number of hydrogen-bond acceptors (Lipinski definition) is 4. The summed E-state index contributed by atoms with van der Waals surface area (Å²) in [6.45, 7) is 11.1. The van der Waals surface area contributed by atoms with Crippen LogP contribution in [-0.2, 0) is 9.53 Å². The molecule has 1 heterocycles. The number of carbonyl (C=O) groups is 1. The minimum Gasteiger partial charge on any atom is -0.377 e. The molecule has 0 aromatic rings. The molecule has 1 saturated heterocycles. The molecule has 21 heavy (non-hydrogen) atoms. The molecule has 5 heteroatoms. The molecule has 124 valence electrons. The standard InChI is InChI=1S/C16H33N3O2/c1-4-9-18-16(3,15(17)20)8-5-6-10-19-11-7-12-21-14(2)13-19/h14,18H,4-13H2,1-3H3,(H2,17,20). The number of hydrogen-bond donors (Lipinski definition) is 2. The van der Waals surface area contributed by atoms with Crippen molar-refractivity contribution < 1.29 is 9.53 Å². The van der Waals surface area contributed by atoms with Gasteiger partial charge in [-0.15, -0.1) is 0 Å². The Morgan fingerprint density at radius 2 is 2.24 bits per heavy atom. The van der Waals surface area contributed by atoms with Crippen LogP contribution in [0.25, 0.3) is 0 Å². The summed E-state index contributed by atoms with van der Waals surface area (Å²) in [5.41, 5.74) is 4.98. The average Bonchev–Trinajstić information content (AvgIpc) is 2.65. The number of rotatable bonds is 9. The Kier molecular flexibility index (Phi) is 8.22. The van der Waals surface area contributed by atoms with E-state index < -0.39 is 5.54 Å². The lowest BCUT2D eigenvalue weighted by molar-refractivity contribution is -0.124. The van der Waals surface area contributed by atoms with Crippen LogP contribution in [0.1, 0.15) is 52.9 Å². The van der Waals surface area contributed by atoms with Crippen molar-refractivity contribution in [2.24, 2.45) is 5.73 Å². The van der Waals surface area contributed by atoms with E-state index in [1.807, 2.05) is 6.92 Å². The zero-order chi connectivity index (χ0) is 15.7. The second-order valence-corrected chi connectivity index (χ2v) is 6.42. The van der Waals surface area contributed by atoms with Crippen molar-refractivity contribution in [3.05, 3.63) is 0 Å². The lowest BCUT2D eigenvalue weighted by atomic mass is 9.93. The van der Waals surface area contributed by atoms with Gasteiger partial charge >= 0.3 is 0 Å². The summed E-state index contributed by atoms with van der Waals surface area (Å²) in [7, 11) is 0. The van der Waals surface area contributed by atoms with E-state index >= 15 is 0 Å². The lowest BCUT2D eigenvalue weighted by Crippen LogP contribution is -2.53. The van der Waals surface area contributed by atoms with E-state index in [1.165, 1.54) is 0 Å². The van der Waals surface area contributed by atoms with Crippen molar-refractivity contribution in [2.75, 3.05) is 32.8 Å². The third-order valence-corrected chi connectivity index (χ3v) is 4.25. The molecule has 5 nitrogen and oxygen atoms in total. The molecule has 0 aromatic heterocycles. The number of unbranched alkanes of at least 4 members (excludes halogenated alkanes) is 1. The van der Waals surface area contributed by atoms with E-state index in [4.69, 9.17) is 10.5 Å². The fourth-order valence-corrected chi connectivity index (χ4v) is 2.80. The van der Waals surface area contributed by atoms with E-state index in [0.29, 0.717) is 6.10 Å². The van der Waals surface area contributed by atoms with Crippen LogP contribution in [0.15, 0.2) is 0 Å². The molecule has 2 atom stereocenters. The van der Waals surface area contributed by atoms with Gasteiger partial charge in [0, 0.05) is 19.7 Å². The first kappa shape index (κ1) is 18.4. The molecule has 1 aliphatic rings. The largest absolute Gasteiger partial charge is 0.377 e. The summed E-state index contributed by atoms with van der Waals surface area (Å²) >= 11 is 0. The molecule has 2 unspecified atom stereocenters. The van der Waals surface area contributed by atoms with Gasteiger partial charge in [0.1, 0.15) is 0 Å². The first-order valence-electron chi connectivity index (χ1n) is 8.37. The van der Waals surface area contributed by atoms with Gasteiger partial charge in [0.25, 0.3) is 0 Å². The summed E-state index contributed by atoms with van der Waals surface area (Å²) in [5, 5.41) is 3.29. The van der Waals surface area contributed by atoms with Crippen molar-refractivity contribution >= 4 is 5.91 Å².